The number of benzene rings is 2. The second-order valence-electron chi connectivity index (χ2n) is 9.76. The Balaban J connectivity index is 1.35. The maximum atomic E-state index is 6.07. The quantitative estimate of drug-likeness (QED) is 0.206. The summed E-state index contributed by atoms with van der Waals surface area (Å²) in [4.78, 5) is 6.88. The number of furan rings is 1. The summed E-state index contributed by atoms with van der Waals surface area (Å²) in [5.74, 6) is 3.18. The van der Waals surface area contributed by atoms with E-state index in [4.69, 9.17) is 31.1 Å². The molecule has 0 aliphatic carbocycles. The predicted octanol–water partition coefficient (Wildman–Crippen LogP) is 7.12. The maximum Gasteiger partial charge on any atom is 0.174 e. The van der Waals surface area contributed by atoms with Gasteiger partial charge in [0.05, 0.1) is 37.7 Å². The molecule has 3 aromatic heterocycles. The molecular formula is C32H30N4O3S. The number of hydrogen-bond donors (Lipinski definition) is 1. The van der Waals surface area contributed by atoms with Crippen LogP contribution in [0.1, 0.15) is 40.5 Å². The first-order valence-corrected chi connectivity index (χ1v) is 13.5. The highest BCUT2D eigenvalue weighted by Crippen LogP contribution is 2.43. The minimum absolute atomic E-state index is 0.104. The van der Waals surface area contributed by atoms with Gasteiger partial charge in [-0.2, -0.15) is 0 Å². The highest BCUT2D eigenvalue weighted by Gasteiger charge is 2.42. The van der Waals surface area contributed by atoms with Crippen LogP contribution in [0.4, 0.5) is 5.69 Å². The van der Waals surface area contributed by atoms with Crippen LogP contribution in [0, 0.1) is 13.8 Å². The number of hydrogen-bond acceptors (Lipinski definition) is 5. The average Bonchev–Trinajstić information content (AvgIpc) is 3.69. The summed E-state index contributed by atoms with van der Waals surface area (Å²) in [6.07, 6.45) is 3.54. The molecule has 2 aromatic carbocycles. The second-order valence-corrected chi connectivity index (χ2v) is 10.1. The van der Waals surface area contributed by atoms with E-state index in [1.54, 1.807) is 13.4 Å². The van der Waals surface area contributed by atoms with Gasteiger partial charge in [-0.1, -0.05) is 6.07 Å². The topological polar surface area (TPSA) is 64.7 Å². The van der Waals surface area contributed by atoms with Crippen molar-refractivity contribution >= 4 is 23.0 Å². The number of nitrogens with one attached hydrogen (secondary N) is 1. The maximum absolute atomic E-state index is 6.07. The zero-order chi connectivity index (χ0) is 27.6. The number of aryl methyl sites for hydroxylation is 1. The van der Waals surface area contributed by atoms with Gasteiger partial charge in [0.15, 0.2) is 5.11 Å². The van der Waals surface area contributed by atoms with Crippen LogP contribution in [-0.4, -0.2) is 21.8 Å². The van der Waals surface area contributed by atoms with Crippen molar-refractivity contribution in [1.29, 1.82) is 0 Å². The van der Waals surface area contributed by atoms with Crippen LogP contribution >= 0.6 is 12.2 Å². The molecule has 1 fully saturated rings. The Morgan fingerprint density at radius 1 is 0.925 bits per heavy atom. The molecule has 1 N–H and O–H groups in total. The lowest BCUT2D eigenvalue weighted by molar-refractivity contribution is 0.413. The van der Waals surface area contributed by atoms with E-state index in [0.29, 0.717) is 11.7 Å². The third-order valence-electron chi connectivity index (χ3n) is 7.33. The van der Waals surface area contributed by atoms with E-state index >= 15 is 0 Å². The van der Waals surface area contributed by atoms with Gasteiger partial charge in [-0.3, -0.25) is 4.98 Å². The lowest BCUT2D eigenvalue weighted by Gasteiger charge is -2.28. The molecule has 2 atom stereocenters. The minimum atomic E-state index is -0.124. The Morgan fingerprint density at radius 2 is 1.65 bits per heavy atom. The van der Waals surface area contributed by atoms with Gasteiger partial charge in [-0.15, -0.1) is 0 Å². The molecule has 0 bridgehead atoms. The summed E-state index contributed by atoms with van der Waals surface area (Å²) in [6.45, 7) is 4.96. The molecule has 1 saturated heterocycles. The summed E-state index contributed by atoms with van der Waals surface area (Å²) in [7, 11) is 1.65. The fourth-order valence-corrected chi connectivity index (χ4v) is 5.68. The number of pyridine rings is 1. The minimum Gasteiger partial charge on any atom is -0.497 e. The number of anilines is 1. The molecule has 1 aliphatic heterocycles. The van der Waals surface area contributed by atoms with Crippen molar-refractivity contribution in [3.05, 3.63) is 126 Å². The Morgan fingerprint density at radius 3 is 2.30 bits per heavy atom. The molecular weight excluding hydrogens is 520 g/mol. The molecule has 202 valence electrons. The van der Waals surface area contributed by atoms with Crippen LogP contribution in [0.25, 0.3) is 0 Å². The molecule has 8 heteroatoms. The van der Waals surface area contributed by atoms with Crippen molar-refractivity contribution in [2.45, 2.75) is 32.5 Å². The van der Waals surface area contributed by atoms with Crippen molar-refractivity contribution < 1.29 is 13.9 Å². The number of rotatable bonds is 8. The van der Waals surface area contributed by atoms with Crippen LogP contribution in [0.3, 0.4) is 0 Å². The smallest absolute Gasteiger partial charge is 0.174 e. The summed E-state index contributed by atoms with van der Waals surface area (Å²) in [5.41, 5.74) is 5.41. The van der Waals surface area contributed by atoms with Crippen LogP contribution < -0.4 is 19.7 Å². The van der Waals surface area contributed by atoms with E-state index in [1.807, 2.05) is 85.1 Å². The van der Waals surface area contributed by atoms with Crippen LogP contribution in [0.2, 0.25) is 0 Å². The van der Waals surface area contributed by atoms with Crippen molar-refractivity contribution in [3.63, 3.8) is 0 Å². The zero-order valence-corrected chi connectivity index (χ0v) is 23.4. The third kappa shape index (κ3) is 4.94. The fourth-order valence-electron chi connectivity index (χ4n) is 5.33. The first-order valence-electron chi connectivity index (χ1n) is 13.1. The largest absolute Gasteiger partial charge is 0.497 e. The van der Waals surface area contributed by atoms with Crippen molar-refractivity contribution in [3.8, 4) is 17.2 Å². The van der Waals surface area contributed by atoms with Crippen LogP contribution in [0.5, 0.6) is 17.2 Å². The molecule has 0 radical (unpaired) electrons. The van der Waals surface area contributed by atoms with Crippen LogP contribution in [0.15, 0.2) is 102 Å². The summed E-state index contributed by atoms with van der Waals surface area (Å²) < 4.78 is 19.2. The normalized spacial score (nSPS) is 16.7. The zero-order valence-electron chi connectivity index (χ0n) is 22.6. The molecule has 7 nitrogen and oxygen atoms in total. The number of aromatic nitrogens is 2. The fraction of sp³-hybridized carbons (Fsp3) is 0.188. The monoisotopic (exact) mass is 550 g/mol. The number of thiocarbonyl (C=S) groups is 1. The van der Waals surface area contributed by atoms with E-state index in [9.17, 15) is 0 Å². The van der Waals surface area contributed by atoms with Crippen LogP contribution in [-0.2, 0) is 6.54 Å². The molecule has 1 aliphatic rings. The van der Waals surface area contributed by atoms with E-state index < -0.39 is 0 Å². The van der Waals surface area contributed by atoms with E-state index in [-0.39, 0.29) is 12.1 Å². The molecule has 40 heavy (non-hydrogen) atoms. The van der Waals surface area contributed by atoms with E-state index in [1.165, 1.54) is 5.56 Å². The van der Waals surface area contributed by atoms with Gasteiger partial charge in [0, 0.05) is 23.3 Å². The van der Waals surface area contributed by atoms with Gasteiger partial charge in [0.2, 0.25) is 0 Å². The highest BCUT2D eigenvalue weighted by molar-refractivity contribution is 7.80. The number of nitrogens with zero attached hydrogens (tertiary/aromatic N) is 3. The van der Waals surface area contributed by atoms with Gasteiger partial charge in [-0.25, -0.2) is 0 Å². The molecule has 5 aromatic rings. The molecule has 0 amide bonds. The SMILES string of the molecule is COc1ccc(Oc2ccc(N3C(=S)N[C@H](c4ccccn4)[C@@H]3c3cc(C)n(Cc4ccco4)c3C)cc2)cc1. The van der Waals surface area contributed by atoms with Gasteiger partial charge in [0.1, 0.15) is 23.0 Å². The van der Waals surface area contributed by atoms with Gasteiger partial charge in [-0.05, 0) is 110 Å². The standard InChI is InChI=1S/C32H30N4O3S/c1-21-19-28(22(2)35(21)20-27-7-6-18-38-27)31-30(29-8-4-5-17-33-29)34-32(40)36(31)23-9-11-25(12-10-23)39-26-15-13-24(37-3)14-16-26/h4-19,30-31H,20H2,1-3H3,(H,34,40)/t30-,31+/m1/s1. The first-order chi connectivity index (χ1) is 19.5. The third-order valence-corrected chi connectivity index (χ3v) is 7.65. The lowest BCUT2D eigenvalue weighted by Crippen LogP contribution is -2.29. The van der Waals surface area contributed by atoms with Crippen molar-refractivity contribution in [2.75, 3.05) is 12.0 Å². The second kappa shape index (κ2) is 10.9. The number of methoxy groups -OCH3 is 1. The summed E-state index contributed by atoms with van der Waals surface area (Å²) >= 11 is 5.94. The van der Waals surface area contributed by atoms with Crippen molar-refractivity contribution in [1.82, 2.24) is 14.9 Å². The Labute approximate surface area is 239 Å². The van der Waals surface area contributed by atoms with Gasteiger partial charge < -0.3 is 28.7 Å². The Kier molecular flexibility index (Phi) is 7.00. The summed E-state index contributed by atoms with van der Waals surface area (Å²) in [5, 5.41) is 4.21. The Hall–Kier alpha value is -4.56. The predicted molar refractivity (Wildman–Crippen MR) is 159 cm³/mol. The van der Waals surface area contributed by atoms with E-state index in [2.05, 4.69) is 34.7 Å². The number of ether oxygens (including phenoxy) is 2. The molecule has 4 heterocycles. The Bertz CT molecular complexity index is 1600. The summed E-state index contributed by atoms with van der Waals surface area (Å²) in [6, 6.07) is 27.5. The molecule has 0 spiro atoms. The average molecular weight is 551 g/mol. The first kappa shape index (κ1) is 25.7. The van der Waals surface area contributed by atoms with E-state index in [0.717, 1.165) is 45.8 Å². The molecule has 6 rings (SSSR count). The lowest BCUT2D eigenvalue weighted by atomic mass is 9.96. The molecule has 0 unspecified atom stereocenters. The highest BCUT2D eigenvalue weighted by atomic mass is 32.1. The van der Waals surface area contributed by atoms with Gasteiger partial charge in [0.25, 0.3) is 0 Å². The van der Waals surface area contributed by atoms with Gasteiger partial charge >= 0.3 is 0 Å². The van der Waals surface area contributed by atoms with Crippen molar-refractivity contribution in [2.24, 2.45) is 0 Å². The molecule has 0 saturated carbocycles.